The van der Waals surface area contributed by atoms with Crippen LogP contribution < -0.4 is 19.7 Å². The highest BCUT2D eigenvalue weighted by Gasteiger charge is 2.35. The molecular formula is C22H21FN2O4S. The second-order valence-corrected chi connectivity index (χ2v) is 7.20. The molecule has 0 saturated carbocycles. The summed E-state index contributed by atoms with van der Waals surface area (Å²) in [7, 11) is 0. The Kier molecular flexibility index (Phi) is 5.59. The fourth-order valence-corrected chi connectivity index (χ4v) is 3.96. The number of rotatable bonds is 4. The number of hydrogen-bond acceptors (Lipinski definition) is 5. The Hall–Kier alpha value is -3.13. The van der Waals surface area contributed by atoms with Gasteiger partial charge in [0, 0.05) is 11.8 Å². The Balaban J connectivity index is 1.79. The second kappa shape index (κ2) is 8.31. The Labute approximate surface area is 179 Å². The summed E-state index contributed by atoms with van der Waals surface area (Å²) in [5, 5.41) is 3.61. The number of esters is 1. The number of anilines is 1. The molecule has 2 aromatic rings. The number of fused-ring (bicyclic) bond motifs is 1. The molecule has 0 fully saturated rings. The molecule has 0 amide bonds. The zero-order valence-electron chi connectivity index (χ0n) is 16.6. The number of halogens is 1. The summed E-state index contributed by atoms with van der Waals surface area (Å²) in [5.41, 5.74) is 2.48. The first-order chi connectivity index (χ1) is 14.5. The van der Waals surface area contributed by atoms with Crippen LogP contribution in [0.15, 0.2) is 53.7 Å². The van der Waals surface area contributed by atoms with Crippen LogP contribution in [-0.2, 0) is 9.53 Å². The van der Waals surface area contributed by atoms with Crippen molar-refractivity contribution in [3.8, 4) is 11.5 Å². The van der Waals surface area contributed by atoms with Gasteiger partial charge in [-0.2, -0.15) is 0 Å². The van der Waals surface area contributed by atoms with E-state index in [-0.39, 0.29) is 12.4 Å². The van der Waals surface area contributed by atoms with Gasteiger partial charge in [-0.3, -0.25) is 4.90 Å². The van der Waals surface area contributed by atoms with E-state index in [9.17, 15) is 9.18 Å². The van der Waals surface area contributed by atoms with E-state index in [1.54, 1.807) is 24.0 Å². The van der Waals surface area contributed by atoms with Gasteiger partial charge in [-0.15, -0.1) is 0 Å². The zero-order valence-corrected chi connectivity index (χ0v) is 17.4. The minimum absolute atomic E-state index is 0.236. The Morgan fingerprint density at radius 2 is 1.90 bits per heavy atom. The van der Waals surface area contributed by atoms with E-state index in [1.807, 2.05) is 25.1 Å². The minimum atomic E-state index is -0.550. The molecule has 0 radical (unpaired) electrons. The molecule has 1 unspecified atom stereocenters. The molecule has 156 valence electrons. The van der Waals surface area contributed by atoms with Crippen molar-refractivity contribution in [1.82, 2.24) is 5.32 Å². The number of benzene rings is 2. The van der Waals surface area contributed by atoms with Crippen LogP contribution in [0.5, 0.6) is 11.5 Å². The van der Waals surface area contributed by atoms with E-state index in [1.165, 1.54) is 12.1 Å². The third-order valence-corrected chi connectivity index (χ3v) is 5.27. The van der Waals surface area contributed by atoms with Gasteiger partial charge in [0.05, 0.1) is 23.9 Å². The fraction of sp³-hybridized carbons (Fsp3) is 0.273. The van der Waals surface area contributed by atoms with Gasteiger partial charge in [0.1, 0.15) is 19.0 Å². The molecule has 0 saturated heterocycles. The van der Waals surface area contributed by atoms with Crippen LogP contribution in [-0.4, -0.2) is 30.9 Å². The number of allylic oxidation sites excluding steroid dienone is 1. The van der Waals surface area contributed by atoms with Crippen LogP contribution in [0, 0.1) is 5.82 Å². The maximum absolute atomic E-state index is 13.4. The maximum atomic E-state index is 13.4. The fourth-order valence-electron chi connectivity index (χ4n) is 3.60. The molecule has 0 aliphatic carbocycles. The molecule has 2 aliphatic heterocycles. The molecule has 30 heavy (non-hydrogen) atoms. The van der Waals surface area contributed by atoms with Gasteiger partial charge in [0.15, 0.2) is 16.6 Å². The molecule has 0 spiro atoms. The number of hydrogen-bond donors (Lipinski definition) is 1. The summed E-state index contributed by atoms with van der Waals surface area (Å²) in [6, 6.07) is 10.9. The van der Waals surface area contributed by atoms with Crippen LogP contribution in [0.2, 0.25) is 0 Å². The molecule has 0 bridgehead atoms. The lowest BCUT2D eigenvalue weighted by Crippen LogP contribution is -2.48. The normalized spacial score (nSPS) is 18.2. The molecule has 4 rings (SSSR count). The van der Waals surface area contributed by atoms with Crippen molar-refractivity contribution >= 4 is 29.0 Å². The SMILES string of the molecule is CCOC(=O)C1=C(C)N(c2ccc3c(c2)OCCO3)C(=S)NC1c1ccc(F)cc1. The molecule has 0 aromatic heterocycles. The summed E-state index contributed by atoms with van der Waals surface area (Å²) in [4.78, 5) is 14.6. The van der Waals surface area contributed by atoms with Crippen molar-refractivity contribution in [2.24, 2.45) is 0 Å². The molecule has 8 heteroatoms. The highest BCUT2D eigenvalue weighted by atomic mass is 32.1. The second-order valence-electron chi connectivity index (χ2n) is 6.82. The zero-order chi connectivity index (χ0) is 21.3. The Morgan fingerprint density at radius 1 is 1.20 bits per heavy atom. The van der Waals surface area contributed by atoms with E-state index >= 15 is 0 Å². The van der Waals surface area contributed by atoms with E-state index in [0.717, 1.165) is 5.69 Å². The summed E-state index contributed by atoms with van der Waals surface area (Å²) in [6.45, 7) is 4.77. The molecule has 1 atom stereocenters. The van der Waals surface area contributed by atoms with E-state index in [2.05, 4.69) is 5.32 Å². The number of carbonyl (C=O) groups excluding carboxylic acids is 1. The number of thiocarbonyl (C=S) groups is 1. The Morgan fingerprint density at radius 3 is 2.60 bits per heavy atom. The molecule has 2 heterocycles. The number of nitrogens with zero attached hydrogens (tertiary/aromatic N) is 1. The average Bonchev–Trinajstić information content (AvgIpc) is 2.74. The molecule has 1 N–H and O–H groups in total. The average molecular weight is 428 g/mol. The van der Waals surface area contributed by atoms with Gasteiger partial charge < -0.3 is 19.5 Å². The summed E-state index contributed by atoms with van der Waals surface area (Å²) in [5.74, 6) is 0.473. The Bertz CT molecular complexity index is 1020. The monoisotopic (exact) mass is 428 g/mol. The summed E-state index contributed by atoms with van der Waals surface area (Å²) in [6.07, 6.45) is 0. The lowest BCUT2D eigenvalue weighted by molar-refractivity contribution is -0.139. The van der Waals surface area contributed by atoms with Crippen molar-refractivity contribution in [2.45, 2.75) is 19.9 Å². The minimum Gasteiger partial charge on any atom is -0.486 e. The maximum Gasteiger partial charge on any atom is 0.338 e. The predicted octanol–water partition coefficient (Wildman–Crippen LogP) is 3.87. The summed E-state index contributed by atoms with van der Waals surface area (Å²) >= 11 is 5.63. The van der Waals surface area contributed by atoms with Gasteiger partial charge in [0.25, 0.3) is 0 Å². The van der Waals surface area contributed by atoms with Crippen LogP contribution in [0.4, 0.5) is 10.1 Å². The lowest BCUT2D eigenvalue weighted by atomic mass is 9.94. The molecule has 6 nitrogen and oxygen atoms in total. The standard InChI is InChI=1S/C22H21FN2O4S/c1-3-27-21(26)19-13(2)25(16-8-9-17-18(12-16)29-11-10-28-17)22(30)24-20(19)14-4-6-15(23)7-5-14/h4-9,12,20H,3,10-11H2,1-2H3,(H,24,30). The van der Waals surface area contributed by atoms with Crippen LogP contribution in [0.1, 0.15) is 25.5 Å². The third-order valence-electron chi connectivity index (χ3n) is 4.97. The van der Waals surface area contributed by atoms with Crippen LogP contribution in [0.25, 0.3) is 0 Å². The van der Waals surface area contributed by atoms with E-state index in [4.69, 9.17) is 26.4 Å². The quantitative estimate of drug-likeness (QED) is 0.586. The smallest absolute Gasteiger partial charge is 0.338 e. The van der Waals surface area contributed by atoms with E-state index in [0.29, 0.717) is 46.7 Å². The van der Waals surface area contributed by atoms with Gasteiger partial charge in [0.2, 0.25) is 0 Å². The van der Waals surface area contributed by atoms with Crippen molar-refractivity contribution in [1.29, 1.82) is 0 Å². The van der Waals surface area contributed by atoms with Gasteiger partial charge in [-0.05, 0) is 55.9 Å². The van der Waals surface area contributed by atoms with Crippen molar-refractivity contribution in [3.05, 3.63) is 65.1 Å². The van der Waals surface area contributed by atoms with Gasteiger partial charge in [-0.25, -0.2) is 9.18 Å². The summed E-state index contributed by atoms with van der Waals surface area (Å²) < 4.78 is 30.0. The van der Waals surface area contributed by atoms with Crippen LogP contribution >= 0.6 is 12.2 Å². The number of ether oxygens (including phenoxy) is 3. The first kappa shape index (κ1) is 20.2. The third kappa shape index (κ3) is 3.70. The van der Waals surface area contributed by atoms with Gasteiger partial charge >= 0.3 is 5.97 Å². The van der Waals surface area contributed by atoms with Crippen LogP contribution in [0.3, 0.4) is 0 Å². The largest absolute Gasteiger partial charge is 0.486 e. The van der Waals surface area contributed by atoms with Gasteiger partial charge in [-0.1, -0.05) is 12.1 Å². The highest BCUT2D eigenvalue weighted by Crippen LogP contribution is 2.38. The van der Waals surface area contributed by atoms with Crippen molar-refractivity contribution in [3.63, 3.8) is 0 Å². The lowest BCUT2D eigenvalue weighted by Gasteiger charge is -2.37. The number of carbonyl (C=O) groups is 1. The van der Waals surface area contributed by atoms with E-state index < -0.39 is 12.0 Å². The number of nitrogens with one attached hydrogen (secondary N) is 1. The van der Waals surface area contributed by atoms with Crippen molar-refractivity contribution in [2.75, 3.05) is 24.7 Å². The molecule has 2 aromatic carbocycles. The first-order valence-electron chi connectivity index (χ1n) is 9.63. The predicted molar refractivity (Wildman–Crippen MR) is 114 cm³/mol. The molecular weight excluding hydrogens is 407 g/mol. The first-order valence-corrected chi connectivity index (χ1v) is 10.0. The topological polar surface area (TPSA) is 60.0 Å². The highest BCUT2D eigenvalue weighted by molar-refractivity contribution is 7.80. The van der Waals surface area contributed by atoms with Crippen molar-refractivity contribution < 1.29 is 23.4 Å². The molecule has 2 aliphatic rings.